The molecule has 0 aromatic heterocycles. The largest absolute Gasteiger partial charge is 0.493 e. The van der Waals surface area contributed by atoms with E-state index in [-0.39, 0.29) is 18.1 Å². The monoisotopic (exact) mass is 363 g/mol. The average Bonchev–Trinajstić information content (AvgIpc) is 2.81. The molecule has 0 saturated carbocycles. The number of halogens is 1. The third-order valence-corrected chi connectivity index (χ3v) is 4.21. The predicted molar refractivity (Wildman–Crippen MR) is 95.2 cm³/mol. The molecule has 124 valence electrons. The molecule has 5 nitrogen and oxygen atoms in total. The van der Waals surface area contributed by atoms with Crippen molar-refractivity contribution in [2.45, 2.75) is 0 Å². The molecule has 0 N–H and O–H groups in total. The number of carbonyl (C=O) groups excluding carboxylic acids is 2. The Morgan fingerprint density at radius 1 is 1.46 bits per heavy atom. The average molecular weight is 364 g/mol. The Kier molecular flexibility index (Phi) is 5.96. The first-order chi connectivity index (χ1) is 11.5. The van der Waals surface area contributed by atoms with E-state index in [0.29, 0.717) is 22.1 Å². The highest BCUT2D eigenvalue weighted by Crippen LogP contribution is 2.38. The van der Waals surface area contributed by atoms with Gasteiger partial charge in [-0.2, -0.15) is 0 Å². The summed E-state index contributed by atoms with van der Waals surface area (Å²) in [5, 5.41) is -0.0708. The Morgan fingerprint density at radius 2 is 2.21 bits per heavy atom. The molecule has 1 aliphatic heterocycles. The van der Waals surface area contributed by atoms with Gasteiger partial charge in [0.05, 0.1) is 23.6 Å². The second-order valence-corrected chi connectivity index (χ2v) is 6.01. The van der Waals surface area contributed by atoms with Gasteiger partial charge in [-0.25, -0.2) is 0 Å². The summed E-state index contributed by atoms with van der Waals surface area (Å²) in [6.45, 7) is 3.80. The van der Waals surface area contributed by atoms with E-state index >= 15 is 0 Å². The van der Waals surface area contributed by atoms with Crippen molar-refractivity contribution in [2.24, 2.45) is 0 Å². The number of ether oxygens (including phenoxy) is 2. The van der Waals surface area contributed by atoms with Crippen molar-refractivity contribution in [3.05, 3.63) is 40.3 Å². The predicted octanol–water partition coefficient (Wildman–Crippen LogP) is 3.58. The molecule has 0 atom stereocenters. The van der Waals surface area contributed by atoms with Crippen LogP contribution in [-0.4, -0.2) is 36.3 Å². The molecule has 1 fully saturated rings. The van der Waals surface area contributed by atoms with Crippen molar-refractivity contribution in [3.63, 3.8) is 0 Å². The van der Waals surface area contributed by atoms with Crippen LogP contribution < -0.4 is 9.47 Å². The Labute approximate surface area is 149 Å². The molecule has 7 heteroatoms. The minimum absolute atomic E-state index is 0.0551. The van der Waals surface area contributed by atoms with Gasteiger partial charge in [-0.1, -0.05) is 30.2 Å². The van der Waals surface area contributed by atoms with Gasteiger partial charge in [-0.15, -0.1) is 6.42 Å². The summed E-state index contributed by atoms with van der Waals surface area (Å²) in [7, 11) is 1.48. The molecule has 1 aromatic rings. The van der Waals surface area contributed by atoms with Gasteiger partial charge in [0, 0.05) is 0 Å². The number of benzene rings is 1. The Hall–Kier alpha value is -2.36. The van der Waals surface area contributed by atoms with Crippen molar-refractivity contribution in [3.8, 4) is 23.8 Å². The summed E-state index contributed by atoms with van der Waals surface area (Å²) in [4.78, 5) is 25.2. The lowest BCUT2D eigenvalue weighted by molar-refractivity contribution is -0.122. The number of carbonyl (C=O) groups is 2. The topological polar surface area (TPSA) is 55.8 Å². The minimum atomic E-state index is -0.426. The zero-order valence-corrected chi connectivity index (χ0v) is 14.4. The van der Waals surface area contributed by atoms with Crippen LogP contribution in [0.25, 0.3) is 6.08 Å². The number of rotatable bonds is 6. The Bertz CT molecular complexity index is 767. The molecule has 24 heavy (non-hydrogen) atoms. The second kappa shape index (κ2) is 7.95. The SMILES string of the molecule is C#CCN1C(=O)S/C(=C/c2cc(Cl)c(OCC=C)c(OC)c2)C1=O. The third kappa shape index (κ3) is 3.75. The molecule has 0 unspecified atom stereocenters. The van der Waals surface area contributed by atoms with Crippen LogP contribution in [-0.2, 0) is 4.79 Å². The second-order valence-electron chi connectivity index (χ2n) is 4.61. The van der Waals surface area contributed by atoms with Crippen molar-refractivity contribution in [1.29, 1.82) is 0 Å². The first-order valence-corrected chi connectivity index (χ1v) is 8.01. The molecular weight excluding hydrogens is 350 g/mol. The minimum Gasteiger partial charge on any atom is -0.493 e. The van der Waals surface area contributed by atoms with Crippen molar-refractivity contribution >= 4 is 40.6 Å². The first kappa shape index (κ1) is 18.0. The van der Waals surface area contributed by atoms with Crippen molar-refractivity contribution in [2.75, 3.05) is 20.3 Å². The summed E-state index contributed by atoms with van der Waals surface area (Å²) in [6.07, 6.45) is 8.32. The van der Waals surface area contributed by atoms with Crippen LogP contribution in [0.15, 0.2) is 29.7 Å². The normalized spacial score (nSPS) is 15.5. The van der Waals surface area contributed by atoms with Gasteiger partial charge >= 0.3 is 0 Å². The maximum atomic E-state index is 12.2. The number of terminal acetylenes is 1. The molecule has 2 rings (SSSR count). The quantitative estimate of drug-likeness (QED) is 0.439. The lowest BCUT2D eigenvalue weighted by atomic mass is 10.1. The van der Waals surface area contributed by atoms with Gasteiger partial charge in [0.25, 0.3) is 11.1 Å². The van der Waals surface area contributed by atoms with E-state index in [0.717, 1.165) is 16.7 Å². The molecule has 2 amide bonds. The molecule has 0 spiro atoms. The number of amides is 2. The maximum Gasteiger partial charge on any atom is 0.294 e. The van der Waals surface area contributed by atoms with E-state index in [1.807, 2.05) is 0 Å². The van der Waals surface area contributed by atoms with Gasteiger partial charge in [-0.3, -0.25) is 14.5 Å². The maximum absolute atomic E-state index is 12.2. The van der Waals surface area contributed by atoms with Gasteiger partial charge < -0.3 is 9.47 Å². The van der Waals surface area contributed by atoms with E-state index < -0.39 is 11.1 Å². The number of hydrogen-bond donors (Lipinski definition) is 0. The molecule has 1 aliphatic rings. The fourth-order valence-corrected chi connectivity index (χ4v) is 3.10. The molecule has 1 saturated heterocycles. The Balaban J connectivity index is 2.35. The zero-order valence-electron chi connectivity index (χ0n) is 12.9. The fourth-order valence-electron chi connectivity index (χ4n) is 1.98. The Morgan fingerprint density at radius 3 is 2.83 bits per heavy atom. The number of thioether (sulfide) groups is 1. The lowest BCUT2D eigenvalue weighted by Gasteiger charge is -2.12. The van der Waals surface area contributed by atoms with Crippen LogP contribution in [0.5, 0.6) is 11.5 Å². The van der Waals surface area contributed by atoms with E-state index in [9.17, 15) is 9.59 Å². The molecule has 1 heterocycles. The lowest BCUT2D eigenvalue weighted by Crippen LogP contribution is -2.28. The van der Waals surface area contributed by atoms with Crippen LogP contribution in [0.3, 0.4) is 0 Å². The van der Waals surface area contributed by atoms with Crippen LogP contribution in [0, 0.1) is 12.3 Å². The highest BCUT2D eigenvalue weighted by atomic mass is 35.5. The molecular formula is C17H14ClNO4S. The van der Waals surface area contributed by atoms with E-state index in [4.69, 9.17) is 27.5 Å². The first-order valence-electron chi connectivity index (χ1n) is 6.81. The highest BCUT2D eigenvalue weighted by Gasteiger charge is 2.34. The van der Waals surface area contributed by atoms with E-state index in [1.165, 1.54) is 7.11 Å². The molecule has 0 aliphatic carbocycles. The smallest absolute Gasteiger partial charge is 0.294 e. The zero-order chi connectivity index (χ0) is 17.7. The van der Waals surface area contributed by atoms with Gasteiger partial charge in [0.1, 0.15) is 6.61 Å². The van der Waals surface area contributed by atoms with Crippen LogP contribution in [0.2, 0.25) is 5.02 Å². The highest BCUT2D eigenvalue weighted by molar-refractivity contribution is 8.18. The summed E-state index contributed by atoms with van der Waals surface area (Å²) in [5.74, 6) is 2.66. The standard InChI is InChI=1S/C17H14ClNO4S/c1-4-6-19-16(20)14(24-17(19)21)10-11-8-12(18)15(23-7-5-2)13(9-11)22-3/h1,5,8-10H,2,6-7H2,3H3/b14-10+. The molecule has 0 radical (unpaired) electrons. The van der Waals surface area contributed by atoms with Crippen LogP contribution in [0.1, 0.15) is 5.56 Å². The summed E-state index contributed by atoms with van der Waals surface area (Å²) in [6, 6.07) is 3.29. The number of imide groups is 1. The summed E-state index contributed by atoms with van der Waals surface area (Å²) < 4.78 is 10.7. The van der Waals surface area contributed by atoms with Gasteiger partial charge in [0.15, 0.2) is 11.5 Å². The summed E-state index contributed by atoms with van der Waals surface area (Å²) in [5.41, 5.74) is 0.606. The van der Waals surface area contributed by atoms with E-state index in [1.54, 1.807) is 24.3 Å². The van der Waals surface area contributed by atoms with Gasteiger partial charge in [0.2, 0.25) is 0 Å². The van der Waals surface area contributed by atoms with Crippen LogP contribution in [0.4, 0.5) is 4.79 Å². The van der Waals surface area contributed by atoms with Gasteiger partial charge in [-0.05, 0) is 35.5 Å². The fraction of sp³-hybridized carbons (Fsp3) is 0.176. The van der Waals surface area contributed by atoms with Crippen molar-refractivity contribution < 1.29 is 19.1 Å². The van der Waals surface area contributed by atoms with E-state index in [2.05, 4.69) is 12.5 Å². The van der Waals surface area contributed by atoms with Crippen LogP contribution >= 0.6 is 23.4 Å². The van der Waals surface area contributed by atoms with Crippen molar-refractivity contribution in [1.82, 2.24) is 4.90 Å². The third-order valence-electron chi connectivity index (χ3n) is 3.02. The molecule has 0 bridgehead atoms. The number of nitrogens with zero attached hydrogens (tertiary/aromatic N) is 1. The number of methoxy groups -OCH3 is 1. The number of hydrogen-bond acceptors (Lipinski definition) is 5. The summed E-state index contributed by atoms with van der Waals surface area (Å²) >= 11 is 7.04. The molecule has 1 aromatic carbocycles.